The van der Waals surface area contributed by atoms with Crippen LogP contribution in [-0.2, 0) is 6.42 Å². The van der Waals surface area contributed by atoms with E-state index in [0.717, 1.165) is 0 Å². The Kier molecular flexibility index (Phi) is 1.65. The number of rotatable bonds is 0. The van der Waals surface area contributed by atoms with Gasteiger partial charge in [0.05, 0.1) is 0 Å². The fraction of sp³-hybridized carbons (Fsp3) is 0.111. The minimum absolute atomic E-state index is 0.106. The molecular formula is C9H4F4. The molecule has 0 nitrogen and oxygen atoms in total. The first-order chi connectivity index (χ1) is 6.13. The van der Waals surface area contributed by atoms with Crippen LogP contribution in [0.15, 0.2) is 6.08 Å². The Balaban J connectivity index is 2.82. The smallest absolute Gasteiger partial charge is 0.198 e. The van der Waals surface area contributed by atoms with Crippen LogP contribution < -0.4 is 0 Å². The van der Waals surface area contributed by atoms with Crippen LogP contribution in [0.3, 0.4) is 0 Å². The van der Waals surface area contributed by atoms with E-state index in [1.54, 1.807) is 0 Å². The fourth-order valence-electron chi connectivity index (χ4n) is 1.36. The molecule has 1 aliphatic rings. The van der Waals surface area contributed by atoms with Gasteiger partial charge in [-0.25, -0.2) is 17.6 Å². The molecule has 0 fully saturated rings. The molecule has 0 saturated carbocycles. The van der Waals surface area contributed by atoms with Crippen LogP contribution in [0, 0.1) is 23.3 Å². The van der Waals surface area contributed by atoms with Crippen LogP contribution in [0.25, 0.3) is 6.08 Å². The molecule has 0 aliphatic heterocycles. The predicted molar refractivity (Wildman–Crippen MR) is 39.0 cm³/mol. The Morgan fingerprint density at radius 1 is 0.846 bits per heavy atom. The third kappa shape index (κ3) is 0.978. The number of halogens is 4. The second-order valence-electron chi connectivity index (χ2n) is 2.75. The van der Waals surface area contributed by atoms with Crippen molar-refractivity contribution in [2.45, 2.75) is 6.42 Å². The average molecular weight is 188 g/mol. The molecule has 13 heavy (non-hydrogen) atoms. The highest BCUT2D eigenvalue weighted by Gasteiger charge is 2.24. The van der Waals surface area contributed by atoms with E-state index in [9.17, 15) is 17.6 Å². The number of benzene rings is 1. The number of allylic oxidation sites excluding steroid dienone is 1. The fourth-order valence-corrected chi connectivity index (χ4v) is 1.36. The molecule has 0 aromatic heterocycles. The SMILES string of the molecule is Fc1c(F)c(F)c2c(c1F)C=CC2. The van der Waals surface area contributed by atoms with Gasteiger partial charge >= 0.3 is 0 Å². The molecule has 2 rings (SSSR count). The second kappa shape index (κ2) is 2.58. The quantitative estimate of drug-likeness (QED) is 0.333. The van der Waals surface area contributed by atoms with Crippen molar-refractivity contribution in [2.75, 3.05) is 0 Å². The molecule has 0 atom stereocenters. The first-order valence-electron chi connectivity index (χ1n) is 3.64. The lowest BCUT2D eigenvalue weighted by molar-refractivity contribution is 0.404. The van der Waals surface area contributed by atoms with Gasteiger partial charge in [0.25, 0.3) is 0 Å². The molecule has 0 spiro atoms. The van der Waals surface area contributed by atoms with Crippen LogP contribution in [0.4, 0.5) is 17.6 Å². The molecule has 0 unspecified atom stereocenters. The van der Waals surface area contributed by atoms with Gasteiger partial charge in [-0.1, -0.05) is 12.2 Å². The van der Waals surface area contributed by atoms with E-state index < -0.39 is 23.3 Å². The van der Waals surface area contributed by atoms with Crippen molar-refractivity contribution in [3.8, 4) is 0 Å². The molecule has 4 heteroatoms. The van der Waals surface area contributed by atoms with E-state index >= 15 is 0 Å². The number of hydrogen-bond acceptors (Lipinski definition) is 0. The van der Waals surface area contributed by atoms with Crippen LogP contribution in [0.1, 0.15) is 11.1 Å². The van der Waals surface area contributed by atoms with Gasteiger partial charge in [-0.15, -0.1) is 0 Å². The topological polar surface area (TPSA) is 0 Å². The van der Waals surface area contributed by atoms with Crippen LogP contribution in [0.2, 0.25) is 0 Å². The highest BCUT2D eigenvalue weighted by molar-refractivity contribution is 5.61. The molecule has 68 valence electrons. The van der Waals surface area contributed by atoms with Gasteiger partial charge in [-0.05, 0) is 6.42 Å². The number of fused-ring (bicyclic) bond motifs is 1. The Labute approximate surface area is 71.5 Å². The lowest BCUT2D eigenvalue weighted by Crippen LogP contribution is -2.02. The minimum atomic E-state index is -1.75. The summed E-state index contributed by atoms with van der Waals surface area (Å²) in [7, 11) is 0. The molecule has 0 heterocycles. The van der Waals surface area contributed by atoms with Crippen molar-refractivity contribution in [1.29, 1.82) is 0 Å². The van der Waals surface area contributed by atoms with Gasteiger partial charge < -0.3 is 0 Å². The molecule has 1 aliphatic carbocycles. The summed E-state index contributed by atoms with van der Waals surface area (Å²) in [5.41, 5.74) is -0.298. The molecule has 1 aromatic rings. The Morgan fingerprint density at radius 2 is 1.46 bits per heavy atom. The largest absolute Gasteiger partial charge is 0.203 e. The highest BCUT2D eigenvalue weighted by atomic mass is 19.2. The number of hydrogen-bond donors (Lipinski definition) is 0. The average Bonchev–Trinajstić information content (AvgIpc) is 2.59. The summed E-state index contributed by atoms with van der Waals surface area (Å²) in [6, 6.07) is 0. The van der Waals surface area contributed by atoms with Crippen molar-refractivity contribution in [3.63, 3.8) is 0 Å². The zero-order valence-corrected chi connectivity index (χ0v) is 6.37. The summed E-state index contributed by atoms with van der Waals surface area (Å²) in [6.45, 7) is 0. The zero-order valence-electron chi connectivity index (χ0n) is 6.37. The van der Waals surface area contributed by atoms with Gasteiger partial charge in [0.15, 0.2) is 23.3 Å². The van der Waals surface area contributed by atoms with Gasteiger partial charge in [0, 0.05) is 11.1 Å². The summed E-state index contributed by atoms with van der Waals surface area (Å²) in [5, 5.41) is 0. The third-order valence-electron chi connectivity index (χ3n) is 2.01. The van der Waals surface area contributed by atoms with E-state index in [1.807, 2.05) is 0 Å². The molecule has 0 radical (unpaired) electrons. The predicted octanol–water partition coefficient (Wildman–Crippen LogP) is 2.81. The van der Waals surface area contributed by atoms with E-state index in [1.165, 1.54) is 12.2 Å². The monoisotopic (exact) mass is 188 g/mol. The van der Waals surface area contributed by atoms with Crippen molar-refractivity contribution in [2.24, 2.45) is 0 Å². The maximum Gasteiger partial charge on any atom is 0.198 e. The molecular weight excluding hydrogens is 184 g/mol. The van der Waals surface area contributed by atoms with E-state index in [0.29, 0.717) is 0 Å². The zero-order chi connectivity index (χ0) is 9.59. The molecule has 0 N–H and O–H groups in total. The van der Waals surface area contributed by atoms with E-state index in [2.05, 4.69) is 0 Å². The highest BCUT2D eigenvalue weighted by Crippen LogP contribution is 2.29. The van der Waals surface area contributed by atoms with Gasteiger partial charge in [0.2, 0.25) is 0 Å². The second-order valence-corrected chi connectivity index (χ2v) is 2.75. The summed E-state index contributed by atoms with van der Waals surface area (Å²) in [6.07, 6.45) is 2.81. The normalized spacial score (nSPS) is 13.5. The molecule has 0 bridgehead atoms. The Hall–Kier alpha value is -1.32. The summed E-state index contributed by atoms with van der Waals surface area (Å²) in [5.74, 6) is -6.09. The Bertz CT molecular complexity index is 407. The van der Waals surface area contributed by atoms with Gasteiger partial charge in [-0.3, -0.25) is 0 Å². The summed E-state index contributed by atoms with van der Waals surface area (Å²) in [4.78, 5) is 0. The standard InChI is InChI=1S/C9H4F4/c10-6-4-2-1-3-5(4)7(11)9(13)8(6)12/h1-2H,3H2. The lowest BCUT2D eigenvalue weighted by atomic mass is 10.1. The molecule has 0 amide bonds. The summed E-state index contributed by atoms with van der Waals surface area (Å²) < 4.78 is 51.1. The van der Waals surface area contributed by atoms with Crippen molar-refractivity contribution in [3.05, 3.63) is 40.5 Å². The maximum atomic E-state index is 12.9. The molecule has 1 aromatic carbocycles. The van der Waals surface area contributed by atoms with Crippen molar-refractivity contribution >= 4 is 6.08 Å². The van der Waals surface area contributed by atoms with Crippen molar-refractivity contribution in [1.82, 2.24) is 0 Å². The molecule has 0 saturated heterocycles. The van der Waals surface area contributed by atoms with Crippen LogP contribution >= 0.6 is 0 Å². The summed E-state index contributed by atoms with van der Waals surface area (Å²) >= 11 is 0. The first-order valence-corrected chi connectivity index (χ1v) is 3.64. The van der Waals surface area contributed by atoms with Crippen LogP contribution in [-0.4, -0.2) is 0 Å². The van der Waals surface area contributed by atoms with Gasteiger partial charge in [-0.2, -0.15) is 0 Å². The van der Waals surface area contributed by atoms with E-state index in [-0.39, 0.29) is 17.5 Å². The van der Waals surface area contributed by atoms with Crippen LogP contribution in [0.5, 0.6) is 0 Å². The maximum absolute atomic E-state index is 12.9. The third-order valence-corrected chi connectivity index (χ3v) is 2.01. The van der Waals surface area contributed by atoms with E-state index in [4.69, 9.17) is 0 Å². The lowest BCUT2D eigenvalue weighted by Gasteiger charge is -2.04. The van der Waals surface area contributed by atoms with Crippen molar-refractivity contribution < 1.29 is 17.6 Å². The first kappa shape index (κ1) is 8.29. The van der Waals surface area contributed by atoms with Gasteiger partial charge in [0.1, 0.15) is 0 Å². The Morgan fingerprint density at radius 3 is 2.15 bits per heavy atom. The minimum Gasteiger partial charge on any atom is -0.203 e.